The lowest BCUT2D eigenvalue weighted by Crippen LogP contribution is -2.12. The van der Waals surface area contributed by atoms with Gasteiger partial charge in [-0.15, -0.1) is 10.2 Å². The Labute approximate surface area is 157 Å². The summed E-state index contributed by atoms with van der Waals surface area (Å²) in [6.07, 6.45) is 0. The third-order valence-corrected chi connectivity index (χ3v) is 5.54. The number of benzene rings is 2. The number of anilines is 1. The van der Waals surface area contributed by atoms with Crippen LogP contribution < -0.4 is 5.32 Å². The van der Waals surface area contributed by atoms with Crippen LogP contribution in [0.25, 0.3) is 0 Å². The predicted molar refractivity (Wildman–Crippen MR) is 102 cm³/mol. The number of nitro benzene ring substituents is 1. The van der Waals surface area contributed by atoms with E-state index in [0.29, 0.717) is 20.8 Å². The van der Waals surface area contributed by atoms with Gasteiger partial charge in [-0.2, -0.15) is 0 Å². The Morgan fingerprint density at radius 2 is 2.04 bits per heavy atom. The fraction of sp³-hybridized carbons (Fsp3) is 0.118. The van der Waals surface area contributed by atoms with Gasteiger partial charge in [-0.25, -0.2) is 0 Å². The van der Waals surface area contributed by atoms with E-state index in [0.717, 1.165) is 11.1 Å². The number of hydrogen-bond acceptors (Lipinski definition) is 7. The zero-order chi connectivity index (χ0) is 18.5. The van der Waals surface area contributed by atoms with Crippen molar-refractivity contribution >= 4 is 39.8 Å². The van der Waals surface area contributed by atoms with Crippen LogP contribution in [-0.4, -0.2) is 21.0 Å². The summed E-state index contributed by atoms with van der Waals surface area (Å²) in [6.45, 7) is 1.87. The molecule has 3 rings (SSSR count). The van der Waals surface area contributed by atoms with Crippen molar-refractivity contribution in [1.29, 1.82) is 0 Å². The van der Waals surface area contributed by atoms with Crippen LogP contribution in [0.1, 0.15) is 21.5 Å². The topological polar surface area (TPSA) is 98.0 Å². The van der Waals surface area contributed by atoms with E-state index >= 15 is 0 Å². The number of nitro groups is 1. The molecule has 1 aromatic heterocycles. The molecular weight excluding hydrogens is 372 g/mol. The molecule has 0 saturated carbocycles. The maximum absolute atomic E-state index is 12.3. The third kappa shape index (κ3) is 4.44. The Morgan fingerprint density at radius 3 is 2.81 bits per heavy atom. The maximum Gasteiger partial charge on any atom is 0.269 e. The number of thioether (sulfide) groups is 1. The minimum Gasteiger partial charge on any atom is -0.296 e. The van der Waals surface area contributed by atoms with Gasteiger partial charge < -0.3 is 0 Å². The SMILES string of the molecule is Cc1ccccc1C(=O)Nc1nnc(SCc2cccc([N+](=O)[O-])c2)s1. The molecule has 0 spiro atoms. The van der Waals surface area contributed by atoms with Gasteiger partial charge in [0.2, 0.25) is 5.13 Å². The lowest BCUT2D eigenvalue weighted by Gasteiger charge is -2.03. The van der Waals surface area contributed by atoms with Crippen molar-refractivity contribution in [3.05, 3.63) is 75.3 Å². The summed E-state index contributed by atoms with van der Waals surface area (Å²) in [4.78, 5) is 22.7. The first kappa shape index (κ1) is 18.0. The van der Waals surface area contributed by atoms with E-state index in [4.69, 9.17) is 0 Å². The summed E-state index contributed by atoms with van der Waals surface area (Å²) >= 11 is 2.68. The van der Waals surface area contributed by atoms with Gasteiger partial charge in [0.15, 0.2) is 4.34 Å². The van der Waals surface area contributed by atoms with Crippen LogP contribution in [0.4, 0.5) is 10.8 Å². The molecule has 0 saturated heterocycles. The Hall–Kier alpha value is -2.78. The van der Waals surface area contributed by atoms with Gasteiger partial charge in [0.05, 0.1) is 4.92 Å². The number of amides is 1. The zero-order valence-corrected chi connectivity index (χ0v) is 15.3. The molecule has 9 heteroatoms. The molecule has 0 fully saturated rings. The van der Waals surface area contributed by atoms with Crippen molar-refractivity contribution in [3.8, 4) is 0 Å². The molecule has 0 unspecified atom stereocenters. The fourth-order valence-electron chi connectivity index (χ4n) is 2.22. The van der Waals surface area contributed by atoms with E-state index in [1.165, 1.54) is 35.2 Å². The standard InChI is InChI=1S/C17H14N4O3S2/c1-11-5-2-3-8-14(11)15(22)18-16-19-20-17(26-16)25-10-12-6-4-7-13(9-12)21(23)24/h2-9H,10H2,1H3,(H,18,19,22). The van der Waals surface area contributed by atoms with Gasteiger partial charge >= 0.3 is 0 Å². The molecule has 0 atom stereocenters. The van der Waals surface area contributed by atoms with E-state index in [-0.39, 0.29) is 11.6 Å². The molecular formula is C17H14N4O3S2. The summed E-state index contributed by atoms with van der Waals surface area (Å²) < 4.78 is 0.677. The molecule has 3 aromatic rings. The summed E-state index contributed by atoms with van der Waals surface area (Å²) in [5.41, 5.74) is 2.36. The van der Waals surface area contributed by atoms with Gasteiger partial charge in [0.25, 0.3) is 11.6 Å². The maximum atomic E-state index is 12.3. The number of carbonyl (C=O) groups excluding carboxylic acids is 1. The highest BCUT2D eigenvalue weighted by atomic mass is 32.2. The average molecular weight is 386 g/mol. The second kappa shape index (κ2) is 8.07. The molecule has 0 aliphatic rings. The number of aromatic nitrogens is 2. The van der Waals surface area contributed by atoms with Gasteiger partial charge in [-0.1, -0.05) is 53.4 Å². The molecule has 1 N–H and O–H groups in total. The van der Waals surface area contributed by atoms with Crippen LogP contribution in [0.15, 0.2) is 52.9 Å². The summed E-state index contributed by atoms with van der Waals surface area (Å²) in [5, 5.41) is 22.0. The summed E-state index contributed by atoms with van der Waals surface area (Å²) in [6, 6.07) is 13.8. The Morgan fingerprint density at radius 1 is 1.23 bits per heavy atom. The highest BCUT2D eigenvalue weighted by Crippen LogP contribution is 2.29. The highest BCUT2D eigenvalue weighted by molar-refractivity contribution is 8.00. The smallest absolute Gasteiger partial charge is 0.269 e. The minimum atomic E-state index is -0.418. The van der Waals surface area contributed by atoms with Crippen LogP contribution in [0.5, 0.6) is 0 Å². The van der Waals surface area contributed by atoms with E-state index in [1.54, 1.807) is 12.1 Å². The second-order valence-electron chi connectivity index (χ2n) is 5.36. The summed E-state index contributed by atoms with van der Waals surface area (Å²) in [7, 11) is 0. The zero-order valence-electron chi connectivity index (χ0n) is 13.7. The Bertz CT molecular complexity index is 958. The molecule has 132 valence electrons. The molecule has 0 aliphatic carbocycles. The fourth-order valence-corrected chi connectivity index (χ4v) is 3.91. The van der Waals surface area contributed by atoms with Crippen LogP contribution in [-0.2, 0) is 5.75 Å². The Balaban J connectivity index is 1.61. The largest absolute Gasteiger partial charge is 0.296 e. The number of carbonyl (C=O) groups is 1. The van der Waals surface area contributed by atoms with Gasteiger partial charge in [0.1, 0.15) is 0 Å². The first-order valence-corrected chi connectivity index (χ1v) is 9.40. The van der Waals surface area contributed by atoms with E-state index < -0.39 is 4.92 Å². The molecule has 2 aromatic carbocycles. The van der Waals surface area contributed by atoms with Crippen molar-refractivity contribution in [2.45, 2.75) is 17.0 Å². The van der Waals surface area contributed by atoms with Gasteiger partial charge in [-0.3, -0.25) is 20.2 Å². The number of non-ortho nitro benzene ring substituents is 1. The van der Waals surface area contributed by atoms with Crippen LogP contribution in [0.3, 0.4) is 0 Å². The molecule has 0 radical (unpaired) electrons. The molecule has 7 nitrogen and oxygen atoms in total. The lowest BCUT2D eigenvalue weighted by molar-refractivity contribution is -0.384. The van der Waals surface area contributed by atoms with E-state index in [9.17, 15) is 14.9 Å². The molecule has 0 aliphatic heterocycles. The van der Waals surface area contributed by atoms with E-state index in [1.807, 2.05) is 31.2 Å². The first-order chi connectivity index (χ1) is 12.5. The lowest BCUT2D eigenvalue weighted by atomic mass is 10.1. The van der Waals surface area contributed by atoms with E-state index in [2.05, 4.69) is 15.5 Å². The molecule has 26 heavy (non-hydrogen) atoms. The van der Waals surface area contributed by atoms with Crippen molar-refractivity contribution in [2.24, 2.45) is 0 Å². The molecule has 1 heterocycles. The van der Waals surface area contributed by atoms with Crippen molar-refractivity contribution in [1.82, 2.24) is 10.2 Å². The number of rotatable bonds is 6. The van der Waals surface area contributed by atoms with Crippen molar-refractivity contribution in [2.75, 3.05) is 5.32 Å². The number of hydrogen-bond donors (Lipinski definition) is 1. The van der Waals surface area contributed by atoms with Crippen LogP contribution in [0.2, 0.25) is 0 Å². The number of nitrogens with one attached hydrogen (secondary N) is 1. The van der Waals surface area contributed by atoms with Gasteiger partial charge in [0, 0.05) is 23.4 Å². The quantitative estimate of drug-likeness (QED) is 0.293. The molecule has 1 amide bonds. The Kier molecular flexibility index (Phi) is 5.59. The van der Waals surface area contributed by atoms with Crippen molar-refractivity contribution < 1.29 is 9.72 Å². The number of aryl methyl sites for hydroxylation is 1. The molecule has 0 bridgehead atoms. The van der Waals surface area contributed by atoms with Gasteiger partial charge in [-0.05, 0) is 24.1 Å². The normalized spacial score (nSPS) is 10.5. The highest BCUT2D eigenvalue weighted by Gasteiger charge is 2.13. The minimum absolute atomic E-state index is 0.0616. The van der Waals surface area contributed by atoms with Crippen molar-refractivity contribution in [3.63, 3.8) is 0 Å². The second-order valence-corrected chi connectivity index (χ2v) is 7.56. The van der Waals surface area contributed by atoms with Crippen LogP contribution >= 0.6 is 23.1 Å². The average Bonchev–Trinajstić information content (AvgIpc) is 3.08. The predicted octanol–water partition coefficient (Wildman–Crippen LogP) is 4.30. The van der Waals surface area contributed by atoms with Crippen LogP contribution in [0, 0.1) is 17.0 Å². The monoisotopic (exact) mass is 386 g/mol. The third-order valence-electron chi connectivity index (χ3n) is 3.50. The summed E-state index contributed by atoms with van der Waals surface area (Å²) in [5.74, 6) is 0.302. The number of nitrogens with zero attached hydrogens (tertiary/aromatic N) is 3. The first-order valence-electron chi connectivity index (χ1n) is 7.59.